The third kappa shape index (κ3) is 1.52. The first-order valence-corrected chi connectivity index (χ1v) is 4.52. The number of carbonyl (C=O) groups is 1. The van der Waals surface area contributed by atoms with Crippen molar-refractivity contribution in [1.82, 2.24) is 19.5 Å². The van der Waals surface area contributed by atoms with Crippen molar-refractivity contribution in [1.29, 1.82) is 0 Å². The van der Waals surface area contributed by atoms with Crippen LogP contribution in [0.3, 0.4) is 0 Å². The highest BCUT2D eigenvalue weighted by atomic mass is 16.4. The Bertz CT molecular complexity index is 607. The number of hydrogen-bond donors (Lipinski definition) is 1. The molecule has 1 N–H and O–H groups in total. The second kappa shape index (κ2) is 3.69. The fourth-order valence-electron chi connectivity index (χ4n) is 1.26. The highest BCUT2D eigenvalue weighted by Crippen LogP contribution is 2.03. The zero-order valence-electron chi connectivity index (χ0n) is 8.36. The molecule has 0 bridgehead atoms. The first-order chi connectivity index (χ1) is 7.61. The Kier molecular flexibility index (Phi) is 2.35. The van der Waals surface area contributed by atoms with Crippen LogP contribution < -0.4 is 5.56 Å². The van der Waals surface area contributed by atoms with E-state index in [-0.39, 0.29) is 11.2 Å². The van der Waals surface area contributed by atoms with E-state index < -0.39 is 17.6 Å². The third-order valence-electron chi connectivity index (χ3n) is 2.20. The molecule has 0 saturated heterocycles. The first-order valence-electron chi connectivity index (χ1n) is 4.52. The lowest BCUT2D eigenvalue weighted by Gasteiger charge is -2.09. The van der Waals surface area contributed by atoms with Crippen LogP contribution >= 0.6 is 0 Å². The maximum absolute atomic E-state index is 11.8. The molecule has 0 aromatic carbocycles. The zero-order chi connectivity index (χ0) is 11.7. The highest BCUT2D eigenvalue weighted by Gasteiger charge is 2.16. The molecule has 0 unspecified atom stereocenters. The van der Waals surface area contributed by atoms with Crippen molar-refractivity contribution in [3.05, 3.63) is 29.1 Å². The number of aromatic nitrogens is 4. The van der Waals surface area contributed by atoms with Crippen LogP contribution in [0.25, 0.3) is 11.2 Å². The summed E-state index contributed by atoms with van der Waals surface area (Å²) in [6, 6.07) is -0.980. The summed E-state index contributed by atoms with van der Waals surface area (Å²) in [7, 11) is 0. The summed E-state index contributed by atoms with van der Waals surface area (Å²) in [6.45, 7) is 1.40. The maximum Gasteiger partial charge on any atom is 0.326 e. The second-order valence-electron chi connectivity index (χ2n) is 3.20. The first kappa shape index (κ1) is 10.2. The molecule has 0 aliphatic heterocycles. The van der Waals surface area contributed by atoms with Gasteiger partial charge in [0.2, 0.25) is 0 Å². The molecule has 2 heterocycles. The summed E-state index contributed by atoms with van der Waals surface area (Å²) < 4.78 is 1.01. The summed E-state index contributed by atoms with van der Waals surface area (Å²) in [5, 5.41) is 8.81. The lowest BCUT2D eigenvalue weighted by Crippen LogP contribution is -2.28. The van der Waals surface area contributed by atoms with Gasteiger partial charge in [0.05, 0.1) is 0 Å². The van der Waals surface area contributed by atoms with E-state index in [4.69, 9.17) is 5.11 Å². The van der Waals surface area contributed by atoms with Gasteiger partial charge in [0.25, 0.3) is 5.56 Å². The summed E-state index contributed by atoms with van der Waals surface area (Å²) in [4.78, 5) is 34.2. The van der Waals surface area contributed by atoms with Gasteiger partial charge in [-0.15, -0.1) is 0 Å². The Balaban J connectivity index is 2.70. The van der Waals surface area contributed by atoms with Crippen LogP contribution in [0.15, 0.2) is 23.5 Å². The van der Waals surface area contributed by atoms with Gasteiger partial charge in [0.15, 0.2) is 11.2 Å². The minimum atomic E-state index is -1.10. The van der Waals surface area contributed by atoms with E-state index in [0.717, 1.165) is 10.9 Å². The van der Waals surface area contributed by atoms with E-state index in [2.05, 4.69) is 15.0 Å². The fourth-order valence-corrected chi connectivity index (χ4v) is 1.26. The van der Waals surface area contributed by atoms with Crippen LogP contribution in [-0.4, -0.2) is 30.6 Å². The topological polar surface area (TPSA) is 98.0 Å². The van der Waals surface area contributed by atoms with Crippen molar-refractivity contribution in [2.75, 3.05) is 0 Å². The SMILES string of the molecule is C[C@H](C(=O)O)n1cnc2nccnc2c1=O. The molecule has 16 heavy (non-hydrogen) atoms. The molecule has 2 aromatic rings. The van der Waals surface area contributed by atoms with E-state index in [1.807, 2.05) is 0 Å². The van der Waals surface area contributed by atoms with Crippen LogP contribution in [0.4, 0.5) is 0 Å². The van der Waals surface area contributed by atoms with Crippen LogP contribution in [-0.2, 0) is 4.79 Å². The molecule has 0 fully saturated rings. The number of hydrogen-bond acceptors (Lipinski definition) is 5. The van der Waals surface area contributed by atoms with Gasteiger partial charge in [0.1, 0.15) is 12.4 Å². The van der Waals surface area contributed by atoms with Crippen molar-refractivity contribution < 1.29 is 9.90 Å². The van der Waals surface area contributed by atoms with Crippen LogP contribution in [0.5, 0.6) is 0 Å². The van der Waals surface area contributed by atoms with Crippen LogP contribution in [0.2, 0.25) is 0 Å². The average Bonchev–Trinajstić information content (AvgIpc) is 2.29. The van der Waals surface area contributed by atoms with E-state index >= 15 is 0 Å². The molecular formula is C9H8N4O3. The monoisotopic (exact) mass is 220 g/mol. The van der Waals surface area contributed by atoms with E-state index in [9.17, 15) is 9.59 Å². The predicted molar refractivity (Wildman–Crippen MR) is 53.9 cm³/mol. The van der Waals surface area contributed by atoms with Crippen molar-refractivity contribution in [2.45, 2.75) is 13.0 Å². The van der Waals surface area contributed by atoms with Crippen molar-refractivity contribution in [3.8, 4) is 0 Å². The van der Waals surface area contributed by atoms with E-state index in [1.165, 1.54) is 19.3 Å². The van der Waals surface area contributed by atoms with Gasteiger partial charge in [-0.2, -0.15) is 0 Å². The van der Waals surface area contributed by atoms with Crippen LogP contribution in [0.1, 0.15) is 13.0 Å². The molecule has 7 nitrogen and oxygen atoms in total. The maximum atomic E-state index is 11.8. The molecule has 82 valence electrons. The van der Waals surface area contributed by atoms with Gasteiger partial charge in [0, 0.05) is 12.4 Å². The van der Waals surface area contributed by atoms with Gasteiger partial charge in [-0.25, -0.2) is 19.7 Å². The molecule has 7 heteroatoms. The molecule has 0 spiro atoms. The molecule has 0 aliphatic carbocycles. The largest absolute Gasteiger partial charge is 0.480 e. The molecule has 2 aromatic heterocycles. The molecule has 1 atom stereocenters. The summed E-state index contributed by atoms with van der Waals surface area (Å²) in [5.41, 5.74) is -0.229. The minimum Gasteiger partial charge on any atom is -0.480 e. The van der Waals surface area contributed by atoms with Gasteiger partial charge in [-0.05, 0) is 6.92 Å². The normalized spacial score (nSPS) is 12.6. The Morgan fingerprint density at radius 2 is 2.06 bits per heavy atom. The Labute approximate surface area is 89.4 Å². The van der Waals surface area contributed by atoms with Crippen LogP contribution in [0, 0.1) is 0 Å². The third-order valence-corrected chi connectivity index (χ3v) is 2.20. The van der Waals surface area contributed by atoms with Crippen molar-refractivity contribution in [3.63, 3.8) is 0 Å². The predicted octanol–water partition coefficient (Wildman–Crippen LogP) is -0.168. The number of fused-ring (bicyclic) bond motifs is 1. The number of nitrogens with zero attached hydrogens (tertiary/aromatic N) is 4. The minimum absolute atomic E-state index is 0.0677. The average molecular weight is 220 g/mol. The summed E-state index contributed by atoms with van der Waals surface area (Å²) >= 11 is 0. The van der Waals surface area contributed by atoms with Crippen molar-refractivity contribution in [2.24, 2.45) is 0 Å². The molecule has 2 rings (SSSR count). The number of rotatable bonds is 2. The fraction of sp³-hybridized carbons (Fsp3) is 0.222. The molecule has 0 aliphatic rings. The number of aliphatic carboxylic acids is 1. The Hall–Kier alpha value is -2.31. The smallest absolute Gasteiger partial charge is 0.326 e. The lowest BCUT2D eigenvalue weighted by molar-refractivity contribution is -0.140. The highest BCUT2D eigenvalue weighted by molar-refractivity contribution is 5.72. The Morgan fingerprint density at radius 3 is 2.75 bits per heavy atom. The standard InChI is InChI=1S/C9H8N4O3/c1-5(9(15)16)13-4-12-7-6(8(13)14)10-2-3-11-7/h2-5H,1H3,(H,15,16)/t5-/m1/s1. The number of carboxylic acids is 1. The van der Waals surface area contributed by atoms with Gasteiger partial charge >= 0.3 is 5.97 Å². The van der Waals surface area contributed by atoms with Gasteiger partial charge < -0.3 is 5.11 Å². The molecule has 0 amide bonds. The second-order valence-corrected chi connectivity index (χ2v) is 3.20. The summed E-state index contributed by atoms with van der Waals surface area (Å²) in [6.07, 6.45) is 3.94. The summed E-state index contributed by atoms with van der Waals surface area (Å²) in [5.74, 6) is -1.10. The Morgan fingerprint density at radius 1 is 1.38 bits per heavy atom. The number of carboxylic acid groups (broad SMARTS) is 1. The zero-order valence-corrected chi connectivity index (χ0v) is 8.36. The van der Waals surface area contributed by atoms with Crippen molar-refractivity contribution >= 4 is 17.1 Å². The lowest BCUT2D eigenvalue weighted by atomic mass is 10.3. The quantitative estimate of drug-likeness (QED) is 0.754. The van der Waals surface area contributed by atoms with Gasteiger partial charge in [-0.3, -0.25) is 9.36 Å². The molecular weight excluding hydrogens is 212 g/mol. The molecule has 0 saturated carbocycles. The van der Waals surface area contributed by atoms with E-state index in [1.54, 1.807) is 0 Å². The van der Waals surface area contributed by atoms with Gasteiger partial charge in [-0.1, -0.05) is 0 Å². The van der Waals surface area contributed by atoms with E-state index in [0.29, 0.717) is 0 Å². The molecule has 0 radical (unpaired) electrons.